The first kappa shape index (κ1) is 28.1. The van der Waals surface area contributed by atoms with Crippen molar-refractivity contribution in [1.82, 2.24) is 19.8 Å². The fourth-order valence-corrected chi connectivity index (χ4v) is 5.10. The molecule has 3 heterocycles. The molecule has 1 fully saturated rings. The van der Waals surface area contributed by atoms with Gasteiger partial charge >= 0.3 is 6.03 Å². The van der Waals surface area contributed by atoms with E-state index in [0.29, 0.717) is 23.9 Å². The highest BCUT2D eigenvalue weighted by atomic mass is 35.5. The lowest BCUT2D eigenvalue weighted by Crippen LogP contribution is -2.48. The number of unbranched alkanes of at least 4 members (excludes halogenated alkanes) is 2. The molecular formula is C26H37ClFN7O3. The number of piperazine rings is 1. The zero-order valence-electron chi connectivity index (χ0n) is 22.6. The Balaban J connectivity index is 1.40. The molecular weight excluding hydrogens is 513 g/mol. The molecule has 208 valence electrons. The first-order valence-corrected chi connectivity index (χ1v) is 13.4. The molecule has 1 N–H and O–H groups in total. The monoisotopic (exact) mass is 549 g/mol. The highest BCUT2D eigenvalue weighted by Gasteiger charge is 2.36. The number of ether oxygens (including phenoxy) is 2. The molecule has 0 saturated carbocycles. The Hall–Kier alpha value is -2.89. The van der Waals surface area contributed by atoms with E-state index in [4.69, 9.17) is 21.1 Å². The van der Waals surface area contributed by atoms with Gasteiger partial charge in [0.05, 0.1) is 20.8 Å². The lowest BCUT2D eigenvalue weighted by molar-refractivity contribution is 0.152. The summed E-state index contributed by atoms with van der Waals surface area (Å²) in [6.07, 6.45) is 4.96. The molecule has 1 aromatic carbocycles. The minimum absolute atomic E-state index is 0.00881. The number of hydrogen-bond donors (Lipinski definition) is 1. The van der Waals surface area contributed by atoms with Crippen LogP contribution in [0.5, 0.6) is 11.5 Å². The van der Waals surface area contributed by atoms with Crippen molar-refractivity contribution in [3.8, 4) is 11.5 Å². The van der Waals surface area contributed by atoms with Gasteiger partial charge in [-0.3, -0.25) is 9.80 Å². The molecule has 1 saturated heterocycles. The number of halogens is 2. The van der Waals surface area contributed by atoms with E-state index < -0.39 is 11.8 Å². The van der Waals surface area contributed by atoms with Crippen molar-refractivity contribution >= 4 is 35.1 Å². The van der Waals surface area contributed by atoms with E-state index >= 15 is 4.39 Å². The van der Waals surface area contributed by atoms with Gasteiger partial charge in [-0.1, -0.05) is 18.0 Å². The van der Waals surface area contributed by atoms with E-state index in [1.54, 1.807) is 6.20 Å². The van der Waals surface area contributed by atoms with Crippen LogP contribution in [0.4, 0.5) is 26.6 Å². The molecule has 0 unspecified atom stereocenters. The number of amides is 2. The van der Waals surface area contributed by atoms with Crippen molar-refractivity contribution in [3.63, 3.8) is 0 Å². The molecule has 10 nitrogen and oxygen atoms in total. The second-order valence-electron chi connectivity index (χ2n) is 9.55. The standard InChI is InChI=1S/C26H37ClFN7O3/c1-5-34-24-18(17-35(26(34)36)23-21(27)19(37-3)15-20(38-4)22(23)28)16-30-25(31-24)29-9-7-6-8-10-33-13-11-32(2)12-14-33/h15-16H,5-14,17H2,1-4H3,(H,29,30,31). The van der Waals surface area contributed by atoms with Crippen molar-refractivity contribution in [1.29, 1.82) is 0 Å². The number of rotatable bonds is 11. The number of anilines is 3. The maximum atomic E-state index is 15.3. The summed E-state index contributed by atoms with van der Waals surface area (Å²) in [5, 5.41) is 3.27. The SMILES string of the molecule is CCN1C(=O)N(c2c(F)c(OC)cc(OC)c2Cl)Cc2cnc(NCCCCCN3CCN(C)CC3)nc21. The molecule has 0 spiro atoms. The normalized spacial score (nSPS) is 16.5. The molecule has 38 heavy (non-hydrogen) atoms. The van der Waals surface area contributed by atoms with Gasteiger partial charge in [0.25, 0.3) is 0 Å². The van der Waals surface area contributed by atoms with E-state index in [0.717, 1.165) is 52.1 Å². The summed E-state index contributed by atoms with van der Waals surface area (Å²) in [5.74, 6) is 0.378. The Morgan fingerprint density at radius 1 is 1.11 bits per heavy atom. The minimum atomic E-state index is -0.738. The van der Waals surface area contributed by atoms with Gasteiger partial charge in [0, 0.05) is 57.1 Å². The van der Waals surface area contributed by atoms with E-state index in [2.05, 4.69) is 32.1 Å². The molecule has 2 aromatic rings. The van der Waals surface area contributed by atoms with Gasteiger partial charge in [-0.05, 0) is 33.4 Å². The minimum Gasteiger partial charge on any atom is -0.495 e. The number of benzene rings is 1. The summed E-state index contributed by atoms with van der Waals surface area (Å²) in [5.41, 5.74) is 0.581. The predicted octanol–water partition coefficient (Wildman–Crippen LogP) is 4.08. The van der Waals surface area contributed by atoms with Crippen LogP contribution in [0.15, 0.2) is 12.3 Å². The number of aromatic nitrogens is 2. The van der Waals surface area contributed by atoms with Crippen LogP contribution in [0, 0.1) is 5.82 Å². The van der Waals surface area contributed by atoms with Crippen molar-refractivity contribution in [3.05, 3.63) is 28.7 Å². The molecule has 2 amide bonds. The van der Waals surface area contributed by atoms with Gasteiger partial charge in [0.2, 0.25) is 5.95 Å². The summed E-state index contributed by atoms with van der Waals surface area (Å²) in [6.45, 7) is 8.69. The number of urea groups is 1. The Morgan fingerprint density at radius 2 is 1.84 bits per heavy atom. The third-order valence-corrected chi connectivity index (χ3v) is 7.42. The van der Waals surface area contributed by atoms with Gasteiger partial charge in [0.15, 0.2) is 11.6 Å². The van der Waals surface area contributed by atoms with Gasteiger partial charge in [0.1, 0.15) is 22.3 Å². The van der Waals surface area contributed by atoms with Crippen molar-refractivity contribution in [2.45, 2.75) is 32.7 Å². The van der Waals surface area contributed by atoms with Gasteiger partial charge in [-0.15, -0.1) is 0 Å². The predicted molar refractivity (Wildman–Crippen MR) is 147 cm³/mol. The number of hydrogen-bond acceptors (Lipinski definition) is 8. The van der Waals surface area contributed by atoms with Crippen LogP contribution in [0.3, 0.4) is 0 Å². The number of nitrogens with zero attached hydrogens (tertiary/aromatic N) is 6. The second-order valence-corrected chi connectivity index (χ2v) is 9.92. The largest absolute Gasteiger partial charge is 0.495 e. The molecule has 0 radical (unpaired) electrons. The molecule has 12 heteroatoms. The first-order chi connectivity index (χ1) is 18.4. The Morgan fingerprint density at radius 3 is 2.53 bits per heavy atom. The van der Waals surface area contributed by atoms with Crippen LogP contribution < -0.4 is 24.6 Å². The average molecular weight is 550 g/mol. The van der Waals surface area contributed by atoms with Gasteiger partial charge < -0.3 is 24.6 Å². The van der Waals surface area contributed by atoms with E-state index in [9.17, 15) is 4.79 Å². The number of likely N-dealkylation sites (N-methyl/N-ethyl adjacent to an activating group) is 1. The fraction of sp³-hybridized carbons (Fsp3) is 0.577. The molecule has 0 aliphatic carbocycles. The Bertz CT molecular complexity index is 1100. The highest BCUT2D eigenvalue weighted by molar-refractivity contribution is 6.35. The van der Waals surface area contributed by atoms with Gasteiger partial charge in [-0.2, -0.15) is 4.98 Å². The Kier molecular flexibility index (Phi) is 9.45. The van der Waals surface area contributed by atoms with Crippen molar-refractivity contribution in [2.24, 2.45) is 0 Å². The molecule has 1 aromatic heterocycles. The van der Waals surface area contributed by atoms with Crippen LogP contribution in [-0.2, 0) is 6.54 Å². The molecule has 0 bridgehead atoms. The van der Waals surface area contributed by atoms with Crippen LogP contribution >= 0.6 is 11.6 Å². The van der Waals surface area contributed by atoms with Gasteiger partial charge in [-0.25, -0.2) is 14.2 Å². The zero-order valence-corrected chi connectivity index (χ0v) is 23.4. The number of nitrogens with one attached hydrogen (secondary N) is 1. The number of methoxy groups -OCH3 is 2. The average Bonchev–Trinajstić information content (AvgIpc) is 2.92. The van der Waals surface area contributed by atoms with E-state index in [1.807, 2.05) is 6.92 Å². The fourth-order valence-electron chi connectivity index (χ4n) is 4.78. The molecule has 2 aliphatic heterocycles. The van der Waals surface area contributed by atoms with Crippen molar-refractivity contribution in [2.75, 3.05) is 82.2 Å². The maximum Gasteiger partial charge on any atom is 0.330 e. The number of carbonyl (C=O) groups excluding carboxylic acids is 1. The quantitative estimate of drug-likeness (QED) is 0.420. The van der Waals surface area contributed by atoms with E-state index in [1.165, 1.54) is 36.5 Å². The smallest absolute Gasteiger partial charge is 0.330 e. The summed E-state index contributed by atoms with van der Waals surface area (Å²) in [6, 6.07) is 0.916. The second kappa shape index (κ2) is 12.8. The highest BCUT2D eigenvalue weighted by Crippen LogP contribution is 2.44. The maximum absolute atomic E-state index is 15.3. The third kappa shape index (κ3) is 6.05. The summed E-state index contributed by atoms with van der Waals surface area (Å²) < 4.78 is 25.7. The summed E-state index contributed by atoms with van der Waals surface area (Å²) in [4.78, 5) is 30.2. The lowest BCUT2D eigenvalue weighted by Gasteiger charge is -2.36. The molecule has 4 rings (SSSR count). The molecule has 2 aliphatic rings. The third-order valence-electron chi connectivity index (χ3n) is 7.05. The summed E-state index contributed by atoms with van der Waals surface area (Å²) in [7, 11) is 4.94. The topological polar surface area (TPSA) is 86.3 Å². The first-order valence-electron chi connectivity index (χ1n) is 13.1. The van der Waals surface area contributed by atoms with Crippen LogP contribution in [0.1, 0.15) is 31.7 Å². The summed E-state index contributed by atoms with van der Waals surface area (Å²) >= 11 is 6.45. The molecule has 0 atom stereocenters. The van der Waals surface area contributed by atoms with Crippen LogP contribution in [-0.4, -0.2) is 92.9 Å². The van der Waals surface area contributed by atoms with E-state index in [-0.39, 0.29) is 28.8 Å². The van der Waals surface area contributed by atoms with Crippen LogP contribution in [0.25, 0.3) is 0 Å². The lowest BCUT2D eigenvalue weighted by atomic mass is 10.1. The van der Waals surface area contributed by atoms with Crippen molar-refractivity contribution < 1.29 is 18.7 Å². The number of fused-ring (bicyclic) bond motifs is 1. The Labute approximate surface area is 228 Å². The zero-order chi connectivity index (χ0) is 27.2. The number of carbonyl (C=O) groups is 1. The van der Waals surface area contributed by atoms with Crippen LogP contribution in [0.2, 0.25) is 5.02 Å².